The predicted molar refractivity (Wildman–Crippen MR) is 99.2 cm³/mol. The van der Waals surface area contributed by atoms with Gasteiger partial charge in [-0.25, -0.2) is 0 Å². The Bertz CT molecular complexity index is 865. The highest BCUT2D eigenvalue weighted by Gasteiger charge is 2.32. The average molecular weight is 339 g/mol. The highest BCUT2D eigenvalue weighted by atomic mass is 32.2. The van der Waals surface area contributed by atoms with E-state index in [4.69, 9.17) is 0 Å². The van der Waals surface area contributed by atoms with E-state index in [1.165, 1.54) is 9.75 Å². The van der Waals surface area contributed by atoms with E-state index in [0.29, 0.717) is 0 Å². The van der Waals surface area contributed by atoms with Crippen LogP contribution in [0.15, 0.2) is 54.6 Å². The molecule has 1 atom stereocenters. The van der Waals surface area contributed by atoms with E-state index < -0.39 is 0 Å². The second-order valence-corrected chi connectivity index (χ2v) is 8.20. The molecule has 4 rings (SSSR count). The highest BCUT2D eigenvalue weighted by Crippen LogP contribution is 2.41. The van der Waals surface area contributed by atoms with Gasteiger partial charge < -0.3 is 4.90 Å². The zero-order chi connectivity index (χ0) is 15.8. The van der Waals surface area contributed by atoms with Gasteiger partial charge in [-0.1, -0.05) is 36.4 Å². The van der Waals surface area contributed by atoms with Crippen molar-refractivity contribution < 1.29 is 4.79 Å². The summed E-state index contributed by atoms with van der Waals surface area (Å²) in [6.45, 7) is 2.93. The van der Waals surface area contributed by atoms with Crippen molar-refractivity contribution in [2.45, 2.75) is 12.3 Å². The van der Waals surface area contributed by atoms with Crippen LogP contribution in [0.1, 0.15) is 25.5 Å². The average Bonchev–Trinajstić information content (AvgIpc) is 3.22. The van der Waals surface area contributed by atoms with Crippen molar-refractivity contribution in [2.24, 2.45) is 0 Å². The van der Waals surface area contributed by atoms with Crippen LogP contribution in [-0.4, -0.2) is 23.1 Å². The molecule has 116 valence electrons. The normalized spacial score (nSPS) is 17.8. The molecule has 23 heavy (non-hydrogen) atoms. The molecule has 1 amide bonds. The number of rotatable bonds is 2. The van der Waals surface area contributed by atoms with Crippen LogP contribution < -0.4 is 0 Å². The Kier molecular flexibility index (Phi) is 3.87. The Labute approximate surface area is 144 Å². The fourth-order valence-corrected chi connectivity index (χ4v) is 5.44. The molecule has 0 aliphatic carbocycles. The summed E-state index contributed by atoms with van der Waals surface area (Å²) < 4.78 is 0. The minimum absolute atomic E-state index is 0.142. The van der Waals surface area contributed by atoms with Crippen molar-refractivity contribution in [1.82, 2.24) is 4.90 Å². The summed E-state index contributed by atoms with van der Waals surface area (Å²) in [5, 5.41) is 2.31. The second-order valence-electron chi connectivity index (χ2n) is 5.70. The third-order valence-corrected chi connectivity index (χ3v) is 6.62. The van der Waals surface area contributed by atoms with Crippen LogP contribution >= 0.6 is 23.1 Å². The van der Waals surface area contributed by atoms with E-state index in [9.17, 15) is 4.79 Å². The molecule has 0 N–H and O–H groups in total. The van der Waals surface area contributed by atoms with Gasteiger partial charge >= 0.3 is 0 Å². The van der Waals surface area contributed by atoms with Crippen molar-refractivity contribution in [3.63, 3.8) is 0 Å². The van der Waals surface area contributed by atoms with Crippen LogP contribution in [0.4, 0.5) is 0 Å². The van der Waals surface area contributed by atoms with Gasteiger partial charge in [-0.2, -0.15) is 0 Å². The fraction of sp³-hybridized carbons (Fsp3) is 0.211. The molecule has 1 aliphatic heterocycles. The molecule has 2 nitrogen and oxygen atoms in total. The summed E-state index contributed by atoms with van der Waals surface area (Å²) in [5.41, 5.74) is 0.809. The molecule has 1 unspecified atom stereocenters. The Morgan fingerprint density at radius 1 is 1.09 bits per heavy atom. The van der Waals surface area contributed by atoms with E-state index in [1.807, 2.05) is 47.0 Å². The number of thioether (sulfide) groups is 1. The first-order chi connectivity index (χ1) is 11.2. The molecule has 0 bridgehead atoms. The number of carbonyl (C=O) groups excluding carboxylic acids is 1. The molecule has 4 heteroatoms. The van der Waals surface area contributed by atoms with Crippen molar-refractivity contribution >= 4 is 39.8 Å². The summed E-state index contributed by atoms with van der Waals surface area (Å²) in [5.74, 6) is 1.14. The number of benzene rings is 2. The molecule has 1 aromatic heterocycles. The van der Waals surface area contributed by atoms with E-state index in [0.717, 1.165) is 28.6 Å². The zero-order valence-electron chi connectivity index (χ0n) is 12.9. The summed E-state index contributed by atoms with van der Waals surface area (Å²) >= 11 is 3.65. The lowest BCUT2D eigenvalue weighted by molar-refractivity contribution is 0.0764. The lowest BCUT2D eigenvalue weighted by atomic mass is 10.0. The number of hydrogen-bond acceptors (Lipinski definition) is 3. The number of thiophene rings is 1. The van der Waals surface area contributed by atoms with Crippen molar-refractivity contribution in [2.75, 3.05) is 12.3 Å². The van der Waals surface area contributed by atoms with E-state index in [1.54, 1.807) is 11.3 Å². The number of carbonyl (C=O) groups is 1. The first kappa shape index (κ1) is 14.8. The molecule has 0 radical (unpaired) electrons. The van der Waals surface area contributed by atoms with E-state index >= 15 is 0 Å². The number of amides is 1. The van der Waals surface area contributed by atoms with Gasteiger partial charge in [-0.3, -0.25) is 4.79 Å². The lowest BCUT2D eigenvalue weighted by Gasteiger charge is -2.23. The highest BCUT2D eigenvalue weighted by molar-refractivity contribution is 7.99. The van der Waals surface area contributed by atoms with Crippen molar-refractivity contribution in [3.8, 4) is 0 Å². The summed E-state index contributed by atoms with van der Waals surface area (Å²) in [6.07, 6.45) is 0. The molecule has 1 aliphatic rings. The number of hydrogen-bond donors (Lipinski definition) is 0. The van der Waals surface area contributed by atoms with Gasteiger partial charge in [0.15, 0.2) is 0 Å². The van der Waals surface area contributed by atoms with Crippen molar-refractivity contribution in [3.05, 3.63) is 69.9 Å². The quantitative estimate of drug-likeness (QED) is 0.647. The van der Waals surface area contributed by atoms with E-state index in [2.05, 4.69) is 31.2 Å². The van der Waals surface area contributed by atoms with Crippen LogP contribution in [0.25, 0.3) is 10.8 Å². The smallest absolute Gasteiger partial charge is 0.255 e. The molecular formula is C19H17NOS2. The first-order valence-electron chi connectivity index (χ1n) is 7.71. The summed E-state index contributed by atoms with van der Waals surface area (Å²) in [6, 6.07) is 18.4. The van der Waals surface area contributed by atoms with Gasteiger partial charge in [-0.15, -0.1) is 23.1 Å². The number of aryl methyl sites for hydroxylation is 1. The Morgan fingerprint density at radius 3 is 2.74 bits per heavy atom. The molecule has 3 aromatic rings. The first-order valence-corrected chi connectivity index (χ1v) is 9.57. The predicted octanol–water partition coefficient (Wildman–Crippen LogP) is 5.10. The molecule has 0 saturated carbocycles. The van der Waals surface area contributed by atoms with Gasteiger partial charge in [0, 0.05) is 27.6 Å². The molecular weight excluding hydrogens is 322 g/mol. The SMILES string of the molecule is Cc1ccc(C2SCCN2C(=O)c2cccc3ccccc23)s1. The van der Waals surface area contributed by atoms with Gasteiger partial charge in [0.2, 0.25) is 0 Å². The minimum Gasteiger partial charge on any atom is -0.321 e. The van der Waals surface area contributed by atoms with Crippen LogP contribution in [0.5, 0.6) is 0 Å². The molecule has 2 aromatic carbocycles. The minimum atomic E-state index is 0.142. The lowest BCUT2D eigenvalue weighted by Crippen LogP contribution is -2.30. The standard InChI is InChI=1S/C19H17NOS2/c1-13-9-10-17(23-13)19-20(11-12-22-19)18(21)16-8-4-6-14-5-2-3-7-15(14)16/h2-10,19H,11-12H2,1H3. The van der Waals surface area contributed by atoms with Crippen LogP contribution in [0, 0.1) is 6.92 Å². The van der Waals surface area contributed by atoms with Crippen LogP contribution in [0.2, 0.25) is 0 Å². The molecule has 1 saturated heterocycles. The second kappa shape index (κ2) is 6.02. The number of nitrogens with zero attached hydrogens (tertiary/aromatic N) is 1. The topological polar surface area (TPSA) is 20.3 Å². The Balaban J connectivity index is 1.72. The number of fused-ring (bicyclic) bond motifs is 1. The molecule has 1 fully saturated rings. The maximum absolute atomic E-state index is 13.2. The van der Waals surface area contributed by atoms with Gasteiger partial charge in [0.25, 0.3) is 5.91 Å². The Hall–Kier alpha value is -1.78. The Morgan fingerprint density at radius 2 is 1.91 bits per heavy atom. The molecule has 0 spiro atoms. The third kappa shape index (κ3) is 2.66. The summed E-state index contributed by atoms with van der Waals surface area (Å²) in [7, 11) is 0. The van der Waals surface area contributed by atoms with Crippen LogP contribution in [-0.2, 0) is 0 Å². The third-order valence-electron chi connectivity index (χ3n) is 4.18. The van der Waals surface area contributed by atoms with E-state index in [-0.39, 0.29) is 11.3 Å². The maximum Gasteiger partial charge on any atom is 0.255 e. The largest absolute Gasteiger partial charge is 0.321 e. The summed E-state index contributed by atoms with van der Waals surface area (Å²) in [4.78, 5) is 17.8. The van der Waals surface area contributed by atoms with Crippen LogP contribution in [0.3, 0.4) is 0 Å². The van der Waals surface area contributed by atoms with Gasteiger partial charge in [-0.05, 0) is 35.9 Å². The monoisotopic (exact) mass is 339 g/mol. The molecule has 2 heterocycles. The maximum atomic E-state index is 13.2. The van der Waals surface area contributed by atoms with Crippen molar-refractivity contribution in [1.29, 1.82) is 0 Å². The fourth-order valence-electron chi connectivity index (χ4n) is 3.07. The van der Waals surface area contributed by atoms with Gasteiger partial charge in [0.05, 0.1) is 0 Å². The van der Waals surface area contributed by atoms with Gasteiger partial charge in [0.1, 0.15) is 5.37 Å². The zero-order valence-corrected chi connectivity index (χ0v) is 14.5.